The highest BCUT2D eigenvalue weighted by atomic mass is 79.9. The van der Waals surface area contributed by atoms with Crippen molar-refractivity contribution in [2.24, 2.45) is 0 Å². The fourth-order valence-corrected chi connectivity index (χ4v) is 7.89. The molecule has 44 heavy (non-hydrogen) atoms. The predicted octanol–water partition coefficient (Wildman–Crippen LogP) is 4.64. The molecular formula is C30H38BrClF2N4O6. The summed E-state index contributed by atoms with van der Waals surface area (Å²) in [6, 6.07) is -0.274. The Morgan fingerprint density at radius 2 is 2.07 bits per heavy atom. The van der Waals surface area contributed by atoms with Crippen LogP contribution in [0.2, 0.25) is 5.02 Å². The highest BCUT2D eigenvalue weighted by Crippen LogP contribution is 2.46. The Hall–Kier alpha value is -1.61. The van der Waals surface area contributed by atoms with Crippen molar-refractivity contribution >= 4 is 38.4 Å². The van der Waals surface area contributed by atoms with Gasteiger partial charge in [0.2, 0.25) is 0 Å². The number of ether oxygens (including phenoxy) is 5. The molecule has 0 spiro atoms. The summed E-state index contributed by atoms with van der Waals surface area (Å²) in [5.41, 5.74) is -1.82. The van der Waals surface area contributed by atoms with Crippen LogP contribution in [0.3, 0.4) is 0 Å². The Labute approximate surface area is 267 Å². The summed E-state index contributed by atoms with van der Waals surface area (Å²) in [5, 5.41) is 3.47. The maximum Gasteiger partial charge on any atom is 0.297 e. The molecule has 242 valence electrons. The third-order valence-corrected chi connectivity index (χ3v) is 11.1. The largest absolute Gasteiger partial charge is 0.489 e. The first-order chi connectivity index (χ1) is 21.3. The summed E-state index contributed by atoms with van der Waals surface area (Å²) >= 11 is 9.82. The number of H-pyrrole nitrogens is 1. The van der Waals surface area contributed by atoms with Crippen molar-refractivity contribution < 1.29 is 32.5 Å². The van der Waals surface area contributed by atoms with Crippen LogP contribution in [-0.2, 0) is 14.2 Å². The number of halogens is 4. The molecule has 2 N–H and O–H groups in total. The van der Waals surface area contributed by atoms with E-state index >= 15 is 4.39 Å². The predicted molar refractivity (Wildman–Crippen MR) is 162 cm³/mol. The number of alkyl halides is 1. The van der Waals surface area contributed by atoms with Crippen molar-refractivity contribution in [3.05, 3.63) is 25.7 Å². The first-order valence-electron chi connectivity index (χ1n) is 15.7. The van der Waals surface area contributed by atoms with Crippen molar-refractivity contribution in [1.82, 2.24) is 20.2 Å². The molecule has 1 saturated carbocycles. The van der Waals surface area contributed by atoms with Gasteiger partial charge < -0.3 is 29.0 Å². The SMILES string of the molecule is O=c1[nH]c(OC[C@@]23CCCN2C[C@H](F)C3)nc2c(F)c(Br)c(Cl)c(OCC(NC3CCOC3)C3(OC4CCCCO4)CC3)c12. The number of aromatic amines is 1. The van der Waals surface area contributed by atoms with Gasteiger partial charge in [0.15, 0.2) is 17.9 Å². The zero-order valence-electron chi connectivity index (χ0n) is 24.5. The second-order valence-corrected chi connectivity index (χ2v) is 14.0. The van der Waals surface area contributed by atoms with Crippen molar-refractivity contribution in [2.45, 2.75) is 93.5 Å². The maximum absolute atomic E-state index is 15.6. The summed E-state index contributed by atoms with van der Waals surface area (Å²) in [5.74, 6) is -0.779. The molecule has 5 heterocycles. The van der Waals surface area contributed by atoms with Gasteiger partial charge in [-0.25, -0.2) is 8.78 Å². The summed E-state index contributed by atoms with van der Waals surface area (Å²) in [6.45, 7) is 3.35. The van der Waals surface area contributed by atoms with Crippen LogP contribution in [0.5, 0.6) is 11.8 Å². The van der Waals surface area contributed by atoms with Crippen LogP contribution in [0.1, 0.15) is 57.8 Å². The number of nitrogens with one attached hydrogen (secondary N) is 2. The molecule has 1 aromatic carbocycles. The van der Waals surface area contributed by atoms with E-state index in [1.807, 2.05) is 0 Å². The number of rotatable bonds is 11. The standard InChI is InChI=1S/C30H38BrClF2N4O6/c31-22-23(32)26(42-15-19(35-18-5-11-40-14-18)30(7-8-30)44-20-4-1-2-10-41-20)21-25(24(22)34)36-28(37-27(21)39)43-16-29-6-3-9-38(29)13-17(33)12-29/h17-20,35H,1-16H2,(H,36,37,39)/t17-,18?,19?,20?,29+/m1/s1. The lowest BCUT2D eigenvalue weighted by Crippen LogP contribution is -2.53. The quantitative estimate of drug-likeness (QED) is 0.324. The Kier molecular flexibility index (Phi) is 8.84. The zero-order chi connectivity index (χ0) is 30.5. The van der Waals surface area contributed by atoms with E-state index in [1.54, 1.807) is 0 Å². The van der Waals surface area contributed by atoms with Crippen molar-refractivity contribution in [3.63, 3.8) is 0 Å². The molecular weight excluding hydrogens is 666 g/mol. The first-order valence-corrected chi connectivity index (χ1v) is 16.8. The molecule has 1 aliphatic carbocycles. The molecule has 5 fully saturated rings. The normalized spacial score (nSPS) is 30.5. The lowest BCUT2D eigenvalue weighted by atomic mass is 9.95. The molecule has 5 aliphatic rings. The molecule has 0 amide bonds. The number of nitrogens with zero attached hydrogens (tertiary/aromatic N) is 2. The van der Waals surface area contributed by atoms with E-state index in [-0.39, 0.29) is 63.7 Å². The Morgan fingerprint density at radius 1 is 1.20 bits per heavy atom. The summed E-state index contributed by atoms with van der Waals surface area (Å²) in [4.78, 5) is 22.5. The average Bonchev–Trinajstić information content (AvgIpc) is 3.29. The topological polar surface area (TPSA) is 107 Å². The Morgan fingerprint density at radius 3 is 2.82 bits per heavy atom. The molecule has 4 saturated heterocycles. The molecule has 3 unspecified atom stereocenters. The minimum atomic E-state index is -0.923. The lowest BCUT2D eigenvalue weighted by molar-refractivity contribution is -0.205. The van der Waals surface area contributed by atoms with Crippen molar-refractivity contribution in [3.8, 4) is 11.8 Å². The van der Waals surface area contributed by atoms with Gasteiger partial charge in [-0.05, 0) is 73.8 Å². The van der Waals surface area contributed by atoms with Crippen LogP contribution in [0.25, 0.3) is 10.9 Å². The van der Waals surface area contributed by atoms with Gasteiger partial charge in [0.05, 0.1) is 28.3 Å². The summed E-state index contributed by atoms with van der Waals surface area (Å²) < 4.78 is 59.9. The minimum absolute atomic E-state index is 0.0195. The van der Waals surface area contributed by atoms with Gasteiger partial charge in [-0.2, -0.15) is 4.98 Å². The van der Waals surface area contributed by atoms with Crippen LogP contribution in [-0.4, -0.2) is 96.7 Å². The summed E-state index contributed by atoms with van der Waals surface area (Å²) in [6.07, 6.45) is 6.32. The minimum Gasteiger partial charge on any atom is -0.489 e. The molecule has 10 nitrogen and oxygen atoms in total. The van der Waals surface area contributed by atoms with Crippen LogP contribution in [0, 0.1) is 5.82 Å². The molecule has 2 aromatic rings. The highest BCUT2D eigenvalue weighted by molar-refractivity contribution is 9.10. The number of benzene rings is 1. The molecule has 4 aliphatic heterocycles. The van der Waals surface area contributed by atoms with Crippen LogP contribution in [0.15, 0.2) is 9.27 Å². The maximum atomic E-state index is 15.6. The van der Waals surface area contributed by atoms with Gasteiger partial charge in [0.1, 0.15) is 35.3 Å². The number of aromatic nitrogens is 2. The van der Waals surface area contributed by atoms with E-state index in [0.717, 1.165) is 57.9 Å². The zero-order valence-corrected chi connectivity index (χ0v) is 26.8. The number of hydrogen-bond acceptors (Lipinski definition) is 9. The Bertz CT molecular complexity index is 1440. The van der Waals surface area contributed by atoms with Gasteiger partial charge in [-0.3, -0.25) is 14.7 Å². The van der Waals surface area contributed by atoms with Gasteiger partial charge >= 0.3 is 0 Å². The average molecular weight is 704 g/mol. The number of hydrogen-bond donors (Lipinski definition) is 2. The van der Waals surface area contributed by atoms with Crippen LogP contribution < -0.4 is 20.3 Å². The van der Waals surface area contributed by atoms with E-state index < -0.39 is 28.7 Å². The Balaban J connectivity index is 1.14. The second-order valence-electron chi connectivity index (χ2n) is 12.8. The number of fused-ring (bicyclic) bond motifs is 2. The van der Waals surface area contributed by atoms with E-state index in [4.69, 9.17) is 35.3 Å². The van der Waals surface area contributed by atoms with Crippen molar-refractivity contribution in [1.29, 1.82) is 0 Å². The molecule has 1 aromatic heterocycles. The second kappa shape index (κ2) is 12.5. The summed E-state index contributed by atoms with van der Waals surface area (Å²) in [7, 11) is 0. The van der Waals surface area contributed by atoms with E-state index in [9.17, 15) is 9.18 Å². The smallest absolute Gasteiger partial charge is 0.297 e. The van der Waals surface area contributed by atoms with Gasteiger partial charge in [0, 0.05) is 32.2 Å². The van der Waals surface area contributed by atoms with E-state index in [2.05, 4.69) is 36.1 Å². The monoisotopic (exact) mass is 702 g/mol. The molecule has 0 radical (unpaired) electrons. The first kappa shape index (κ1) is 31.0. The van der Waals surface area contributed by atoms with Crippen LogP contribution >= 0.6 is 27.5 Å². The van der Waals surface area contributed by atoms with Gasteiger partial charge in [0.25, 0.3) is 11.6 Å². The lowest BCUT2D eigenvalue weighted by Gasteiger charge is -2.34. The molecule has 0 bridgehead atoms. The van der Waals surface area contributed by atoms with E-state index in [0.29, 0.717) is 32.8 Å². The van der Waals surface area contributed by atoms with Crippen LogP contribution in [0.4, 0.5) is 8.78 Å². The molecule has 7 rings (SSSR count). The van der Waals surface area contributed by atoms with E-state index in [1.165, 1.54) is 0 Å². The fourth-order valence-electron chi connectivity index (χ4n) is 7.29. The van der Waals surface area contributed by atoms with Gasteiger partial charge in [-0.1, -0.05) is 11.6 Å². The fraction of sp³-hybridized carbons (Fsp3) is 0.733. The third kappa shape index (κ3) is 5.98. The molecule has 5 atom stereocenters. The van der Waals surface area contributed by atoms with Gasteiger partial charge in [-0.15, -0.1) is 0 Å². The van der Waals surface area contributed by atoms with Crippen molar-refractivity contribution in [2.75, 3.05) is 46.1 Å². The molecule has 14 heteroatoms. The third-order valence-electron chi connectivity index (χ3n) is 9.80. The highest BCUT2D eigenvalue weighted by Gasteiger charge is 2.54.